The van der Waals surface area contributed by atoms with Crippen molar-refractivity contribution >= 4 is 28.2 Å². The summed E-state index contributed by atoms with van der Waals surface area (Å²) in [6.45, 7) is 22.1. The van der Waals surface area contributed by atoms with Crippen LogP contribution in [0.25, 0.3) is 0 Å². The van der Waals surface area contributed by atoms with E-state index in [2.05, 4.69) is 67.7 Å². The molecule has 1 unspecified atom stereocenters. The fourth-order valence-electron chi connectivity index (χ4n) is 4.08. The minimum atomic E-state index is -2.12. The molecule has 4 rings (SSSR count). The third kappa shape index (κ3) is 6.26. The number of benzene rings is 3. The van der Waals surface area contributed by atoms with E-state index in [1.54, 1.807) is 0 Å². The number of rotatable bonds is 8. The van der Waals surface area contributed by atoms with Gasteiger partial charge in [-0.05, 0) is 60.5 Å². The molecule has 8 heteroatoms. The largest absolute Gasteiger partial charge is 0.543 e. The predicted molar refractivity (Wildman–Crippen MR) is 173 cm³/mol. The van der Waals surface area contributed by atoms with Gasteiger partial charge in [-0.2, -0.15) is 4.89 Å². The minimum Gasteiger partial charge on any atom is -0.543 e. The standard InChI is InChI=1S/C33H44N2O4Si2/c1-31(2,3)40(7,8)37-27-20-14-18-25(22-27)29-33(39-36,35-30(34-29)24-16-12-11-13-17-24)26-19-15-21-28(23-26)38-41(9,10)32(4,5)6/h11-23,36H,1-10H3. The fourth-order valence-corrected chi connectivity index (χ4v) is 6.12. The second-order valence-corrected chi connectivity index (χ2v) is 23.2. The molecule has 0 aromatic heterocycles. The van der Waals surface area contributed by atoms with Crippen LogP contribution in [0.3, 0.4) is 0 Å². The maximum absolute atomic E-state index is 10.6. The smallest absolute Gasteiger partial charge is 0.263 e. The van der Waals surface area contributed by atoms with Gasteiger partial charge in [-0.15, -0.1) is 0 Å². The second-order valence-electron chi connectivity index (χ2n) is 13.8. The average Bonchev–Trinajstić information content (AvgIpc) is 3.29. The molecule has 0 spiro atoms. The number of hydrogen-bond donors (Lipinski definition) is 1. The van der Waals surface area contributed by atoms with E-state index in [1.807, 2.05) is 78.9 Å². The number of amidine groups is 1. The van der Waals surface area contributed by atoms with Gasteiger partial charge in [-0.1, -0.05) is 96.1 Å². The molecule has 0 aliphatic carbocycles. The molecule has 3 aromatic carbocycles. The lowest BCUT2D eigenvalue weighted by Crippen LogP contribution is -2.44. The molecule has 0 amide bonds. The SMILES string of the molecule is CC(C)(C)[Si](C)(C)Oc1cccc(C2=NC(c3ccccc3)=NC2(OO)c2cccc(O[Si](C)(C)C(C)(C)C)c2)c1. The monoisotopic (exact) mass is 588 g/mol. The van der Waals surface area contributed by atoms with Gasteiger partial charge in [0.15, 0.2) is 5.84 Å². The van der Waals surface area contributed by atoms with Crippen LogP contribution < -0.4 is 8.85 Å². The summed E-state index contributed by atoms with van der Waals surface area (Å²) in [5.41, 5.74) is 1.08. The molecule has 1 N–H and O–H groups in total. The van der Waals surface area contributed by atoms with E-state index < -0.39 is 22.4 Å². The van der Waals surface area contributed by atoms with Gasteiger partial charge in [0, 0.05) is 16.7 Å². The molecule has 41 heavy (non-hydrogen) atoms. The molecule has 0 bridgehead atoms. The van der Waals surface area contributed by atoms with Crippen LogP contribution in [-0.4, -0.2) is 33.4 Å². The van der Waals surface area contributed by atoms with E-state index in [4.69, 9.17) is 23.7 Å². The quantitative estimate of drug-likeness (QED) is 0.162. The molecule has 218 valence electrons. The van der Waals surface area contributed by atoms with Crippen LogP contribution in [0.1, 0.15) is 58.2 Å². The Morgan fingerprint density at radius 2 is 1.17 bits per heavy atom. The molecule has 0 saturated carbocycles. The molecule has 0 fully saturated rings. The van der Waals surface area contributed by atoms with Crippen LogP contribution >= 0.6 is 0 Å². The van der Waals surface area contributed by atoms with Gasteiger partial charge in [0.1, 0.15) is 17.2 Å². The third-order valence-electron chi connectivity index (χ3n) is 8.66. The number of aliphatic imine (C=N–C) groups is 2. The van der Waals surface area contributed by atoms with E-state index in [0.717, 1.165) is 16.9 Å². The van der Waals surface area contributed by atoms with Crippen LogP contribution in [0, 0.1) is 0 Å². The van der Waals surface area contributed by atoms with Crippen molar-refractivity contribution in [2.45, 2.75) is 83.5 Å². The zero-order valence-corrected chi connectivity index (χ0v) is 28.1. The highest BCUT2D eigenvalue weighted by atomic mass is 28.4. The summed E-state index contributed by atoms with van der Waals surface area (Å²) in [5.74, 6) is 1.94. The predicted octanol–water partition coefficient (Wildman–Crippen LogP) is 9.05. The molecule has 1 heterocycles. The van der Waals surface area contributed by atoms with E-state index >= 15 is 0 Å². The highest BCUT2D eigenvalue weighted by molar-refractivity contribution is 6.75. The van der Waals surface area contributed by atoms with Crippen LogP contribution in [-0.2, 0) is 10.6 Å². The van der Waals surface area contributed by atoms with Crippen molar-refractivity contribution in [3.63, 3.8) is 0 Å². The Morgan fingerprint density at radius 1 is 0.659 bits per heavy atom. The Hall–Kier alpha value is -3.05. The van der Waals surface area contributed by atoms with Crippen molar-refractivity contribution in [3.05, 3.63) is 95.6 Å². The topological polar surface area (TPSA) is 72.6 Å². The maximum Gasteiger partial charge on any atom is 0.263 e. The first-order valence-corrected chi connectivity index (χ1v) is 20.0. The molecular weight excluding hydrogens is 545 g/mol. The average molecular weight is 589 g/mol. The van der Waals surface area contributed by atoms with Crippen molar-refractivity contribution in [1.29, 1.82) is 0 Å². The van der Waals surface area contributed by atoms with Gasteiger partial charge in [0.25, 0.3) is 5.72 Å². The molecule has 1 aliphatic heterocycles. The highest BCUT2D eigenvalue weighted by Gasteiger charge is 2.46. The van der Waals surface area contributed by atoms with E-state index in [9.17, 15) is 5.26 Å². The van der Waals surface area contributed by atoms with E-state index in [1.165, 1.54) is 0 Å². The Balaban J connectivity index is 1.84. The van der Waals surface area contributed by atoms with Gasteiger partial charge in [0.2, 0.25) is 16.6 Å². The van der Waals surface area contributed by atoms with Crippen LogP contribution in [0.5, 0.6) is 11.5 Å². The maximum atomic E-state index is 10.6. The lowest BCUT2D eigenvalue weighted by atomic mass is 9.93. The normalized spacial score (nSPS) is 18.1. The van der Waals surface area contributed by atoms with Crippen molar-refractivity contribution < 1.29 is 19.0 Å². The third-order valence-corrected chi connectivity index (χ3v) is 17.4. The molecule has 3 aromatic rings. The number of nitrogens with zero attached hydrogens (tertiary/aromatic N) is 2. The van der Waals surface area contributed by atoms with Crippen molar-refractivity contribution in [3.8, 4) is 11.5 Å². The summed E-state index contributed by atoms with van der Waals surface area (Å²) in [5, 5.41) is 10.7. The Kier molecular flexibility index (Phi) is 8.28. The second kappa shape index (κ2) is 11.0. The van der Waals surface area contributed by atoms with Crippen molar-refractivity contribution in [2.24, 2.45) is 9.98 Å². The molecule has 0 saturated heterocycles. The van der Waals surface area contributed by atoms with Crippen LogP contribution in [0.15, 0.2) is 88.8 Å². The summed E-state index contributed by atoms with van der Waals surface area (Å²) in [7, 11) is -4.21. The summed E-state index contributed by atoms with van der Waals surface area (Å²) in [6.07, 6.45) is 0. The molecular formula is C33H44N2O4Si2. The van der Waals surface area contributed by atoms with Gasteiger partial charge >= 0.3 is 0 Å². The Labute approximate surface area is 247 Å². The van der Waals surface area contributed by atoms with Gasteiger partial charge in [0.05, 0.1) is 0 Å². The lowest BCUT2D eigenvalue weighted by Gasteiger charge is -2.37. The van der Waals surface area contributed by atoms with E-state index in [-0.39, 0.29) is 10.1 Å². The zero-order chi connectivity index (χ0) is 30.3. The summed E-state index contributed by atoms with van der Waals surface area (Å²) < 4.78 is 13.2. The number of hydrogen-bond acceptors (Lipinski definition) is 6. The molecule has 1 aliphatic rings. The minimum absolute atomic E-state index is 0.0252. The van der Waals surface area contributed by atoms with Crippen molar-refractivity contribution in [1.82, 2.24) is 0 Å². The first-order valence-electron chi connectivity index (χ1n) is 14.2. The van der Waals surface area contributed by atoms with Gasteiger partial charge < -0.3 is 8.85 Å². The molecule has 0 radical (unpaired) electrons. The highest BCUT2D eigenvalue weighted by Crippen LogP contribution is 2.42. The first-order chi connectivity index (χ1) is 19.0. The first kappa shape index (κ1) is 30.9. The molecule has 6 nitrogen and oxygen atoms in total. The fraction of sp³-hybridized carbons (Fsp3) is 0.394. The Morgan fingerprint density at radius 3 is 1.71 bits per heavy atom. The Bertz CT molecular complexity index is 1450. The van der Waals surface area contributed by atoms with Crippen molar-refractivity contribution in [2.75, 3.05) is 0 Å². The molecule has 1 atom stereocenters. The van der Waals surface area contributed by atoms with Gasteiger partial charge in [-0.25, -0.2) is 15.2 Å². The van der Waals surface area contributed by atoms with Crippen LogP contribution in [0.4, 0.5) is 0 Å². The zero-order valence-electron chi connectivity index (χ0n) is 26.1. The summed E-state index contributed by atoms with van der Waals surface area (Å²) in [4.78, 5) is 15.3. The van der Waals surface area contributed by atoms with Gasteiger partial charge in [-0.3, -0.25) is 0 Å². The lowest BCUT2D eigenvalue weighted by molar-refractivity contribution is -0.302. The summed E-state index contributed by atoms with van der Waals surface area (Å²) in [6, 6.07) is 25.2. The van der Waals surface area contributed by atoms with Crippen LogP contribution in [0.2, 0.25) is 36.3 Å². The van der Waals surface area contributed by atoms with E-state index in [0.29, 0.717) is 22.9 Å². The summed E-state index contributed by atoms with van der Waals surface area (Å²) >= 11 is 0.